The molecule has 2 unspecified atom stereocenters. The molecule has 1 aliphatic carbocycles. The maximum atomic E-state index is 11.1. The van der Waals surface area contributed by atoms with Crippen molar-refractivity contribution in [2.24, 2.45) is 11.8 Å². The molecule has 0 radical (unpaired) electrons. The van der Waals surface area contributed by atoms with Crippen LogP contribution in [0.15, 0.2) is 18.3 Å². The normalized spacial score (nSPS) is 22.2. The van der Waals surface area contributed by atoms with Crippen LogP contribution in [0.3, 0.4) is 0 Å². The molecule has 0 saturated heterocycles. The molecule has 0 spiro atoms. The molecule has 1 heterocycles. The van der Waals surface area contributed by atoms with Crippen LogP contribution in [0.5, 0.6) is 5.88 Å². The number of allylic oxidation sites excluding steroid dienone is 2. The van der Waals surface area contributed by atoms with Gasteiger partial charge in [-0.15, -0.1) is 0 Å². The molecule has 0 bridgehead atoms. The van der Waals surface area contributed by atoms with Gasteiger partial charge >= 0.3 is 5.97 Å². The summed E-state index contributed by atoms with van der Waals surface area (Å²) in [7, 11) is 0. The number of hydrogen-bond acceptors (Lipinski definition) is 4. The lowest BCUT2D eigenvalue weighted by Crippen LogP contribution is -2.22. The van der Waals surface area contributed by atoms with E-state index >= 15 is 0 Å². The molecule has 2 rings (SSSR count). The number of ether oxygens (including phenoxy) is 1. The summed E-state index contributed by atoms with van der Waals surface area (Å²) in [6, 6.07) is 0. The van der Waals surface area contributed by atoms with Gasteiger partial charge in [0, 0.05) is 6.20 Å². The smallest absolute Gasteiger partial charge is 0.342 e. The maximum absolute atomic E-state index is 11.1. The minimum atomic E-state index is -1.06. The minimum absolute atomic E-state index is 0.0182. The highest BCUT2D eigenvalue weighted by atomic mass is 16.5. The number of aryl methyl sites for hydroxylation is 1. The molecular formula is C14H18N2O3. The van der Waals surface area contributed by atoms with Gasteiger partial charge in [0.1, 0.15) is 11.4 Å². The zero-order chi connectivity index (χ0) is 13.8. The van der Waals surface area contributed by atoms with Crippen molar-refractivity contribution < 1.29 is 14.6 Å². The van der Waals surface area contributed by atoms with E-state index in [2.05, 4.69) is 29.0 Å². The van der Waals surface area contributed by atoms with E-state index < -0.39 is 5.97 Å². The molecule has 19 heavy (non-hydrogen) atoms. The van der Waals surface area contributed by atoms with E-state index in [9.17, 15) is 4.79 Å². The fraction of sp³-hybridized carbons (Fsp3) is 0.500. The second-order valence-electron chi connectivity index (χ2n) is 4.93. The van der Waals surface area contributed by atoms with Gasteiger partial charge < -0.3 is 9.84 Å². The second kappa shape index (κ2) is 5.82. The first-order valence-electron chi connectivity index (χ1n) is 6.42. The Morgan fingerprint density at radius 2 is 2.21 bits per heavy atom. The molecule has 0 saturated carbocycles. The molecule has 5 heteroatoms. The van der Waals surface area contributed by atoms with Crippen molar-refractivity contribution in [3.8, 4) is 5.88 Å². The average Bonchev–Trinajstić information content (AvgIpc) is 2.37. The SMILES string of the molecule is Cc1ncc(C(=O)O)c(OCC2CC=CCC2C)n1. The highest BCUT2D eigenvalue weighted by Crippen LogP contribution is 2.26. The lowest BCUT2D eigenvalue weighted by molar-refractivity contribution is 0.0688. The van der Waals surface area contributed by atoms with Gasteiger partial charge in [-0.1, -0.05) is 19.1 Å². The van der Waals surface area contributed by atoms with Gasteiger partial charge in [0.25, 0.3) is 0 Å². The van der Waals surface area contributed by atoms with E-state index in [0.29, 0.717) is 24.3 Å². The Hall–Kier alpha value is -1.91. The first-order valence-corrected chi connectivity index (χ1v) is 6.42. The van der Waals surface area contributed by atoms with Crippen LogP contribution in [-0.4, -0.2) is 27.7 Å². The van der Waals surface area contributed by atoms with Gasteiger partial charge in [0.15, 0.2) is 0 Å². The van der Waals surface area contributed by atoms with Crippen molar-refractivity contribution in [2.45, 2.75) is 26.7 Å². The molecule has 2 atom stereocenters. The van der Waals surface area contributed by atoms with Gasteiger partial charge in [0.05, 0.1) is 6.61 Å². The molecular weight excluding hydrogens is 244 g/mol. The number of rotatable bonds is 4. The van der Waals surface area contributed by atoms with Crippen LogP contribution in [0.4, 0.5) is 0 Å². The Morgan fingerprint density at radius 3 is 2.89 bits per heavy atom. The Bertz CT molecular complexity index is 499. The molecule has 1 aliphatic rings. The molecule has 0 amide bonds. The fourth-order valence-corrected chi connectivity index (χ4v) is 2.13. The van der Waals surface area contributed by atoms with Crippen LogP contribution < -0.4 is 4.74 Å². The summed E-state index contributed by atoms with van der Waals surface area (Å²) in [4.78, 5) is 19.0. The maximum Gasteiger partial charge on any atom is 0.342 e. The third kappa shape index (κ3) is 3.30. The second-order valence-corrected chi connectivity index (χ2v) is 4.93. The zero-order valence-corrected chi connectivity index (χ0v) is 11.2. The monoisotopic (exact) mass is 262 g/mol. The topological polar surface area (TPSA) is 72.3 Å². The van der Waals surface area contributed by atoms with Crippen LogP contribution in [-0.2, 0) is 0 Å². The summed E-state index contributed by atoms with van der Waals surface area (Å²) in [5.74, 6) is 0.563. The van der Waals surface area contributed by atoms with Crippen molar-refractivity contribution in [1.29, 1.82) is 0 Å². The van der Waals surface area contributed by atoms with Crippen LogP contribution in [0, 0.1) is 18.8 Å². The van der Waals surface area contributed by atoms with Crippen LogP contribution in [0.1, 0.15) is 35.9 Å². The number of carbonyl (C=O) groups is 1. The Balaban J connectivity index is 2.08. The van der Waals surface area contributed by atoms with Gasteiger partial charge in [-0.3, -0.25) is 0 Å². The van der Waals surface area contributed by atoms with E-state index in [0.717, 1.165) is 12.8 Å². The number of carboxylic acids is 1. The lowest BCUT2D eigenvalue weighted by Gasteiger charge is -2.25. The predicted molar refractivity (Wildman–Crippen MR) is 70.3 cm³/mol. The highest BCUT2D eigenvalue weighted by Gasteiger charge is 2.21. The lowest BCUT2D eigenvalue weighted by atomic mass is 9.85. The van der Waals surface area contributed by atoms with Gasteiger partial charge in [-0.05, 0) is 31.6 Å². The van der Waals surface area contributed by atoms with Gasteiger partial charge in [-0.2, -0.15) is 4.98 Å². The molecule has 1 N–H and O–H groups in total. The first kappa shape index (κ1) is 13.5. The predicted octanol–water partition coefficient (Wildman–Crippen LogP) is 2.46. The quantitative estimate of drug-likeness (QED) is 0.844. The molecule has 0 fully saturated rings. The Morgan fingerprint density at radius 1 is 1.47 bits per heavy atom. The van der Waals surface area contributed by atoms with Crippen molar-refractivity contribution >= 4 is 5.97 Å². The van der Waals surface area contributed by atoms with Crippen molar-refractivity contribution in [1.82, 2.24) is 9.97 Å². The number of aromatic nitrogens is 2. The zero-order valence-electron chi connectivity index (χ0n) is 11.2. The van der Waals surface area contributed by atoms with E-state index in [1.165, 1.54) is 6.20 Å². The van der Waals surface area contributed by atoms with E-state index in [-0.39, 0.29) is 11.4 Å². The van der Waals surface area contributed by atoms with Crippen molar-refractivity contribution in [3.05, 3.63) is 29.7 Å². The number of carboxylic acid groups (broad SMARTS) is 1. The third-order valence-corrected chi connectivity index (χ3v) is 3.46. The average molecular weight is 262 g/mol. The molecule has 0 aliphatic heterocycles. The Labute approximate surface area is 112 Å². The van der Waals surface area contributed by atoms with Crippen molar-refractivity contribution in [3.63, 3.8) is 0 Å². The highest BCUT2D eigenvalue weighted by molar-refractivity contribution is 5.89. The summed E-state index contributed by atoms with van der Waals surface area (Å²) >= 11 is 0. The van der Waals surface area contributed by atoms with Gasteiger partial charge in [-0.25, -0.2) is 9.78 Å². The largest absolute Gasteiger partial charge is 0.477 e. The standard InChI is InChI=1S/C14H18N2O3/c1-9-5-3-4-6-11(9)8-19-13-12(14(17)18)7-15-10(2)16-13/h3-4,7,9,11H,5-6,8H2,1-2H3,(H,17,18). The number of hydrogen-bond donors (Lipinski definition) is 1. The number of aromatic carboxylic acids is 1. The summed E-state index contributed by atoms with van der Waals surface area (Å²) < 4.78 is 5.62. The van der Waals surface area contributed by atoms with Crippen LogP contribution >= 0.6 is 0 Å². The van der Waals surface area contributed by atoms with Crippen LogP contribution in [0.25, 0.3) is 0 Å². The van der Waals surface area contributed by atoms with E-state index in [4.69, 9.17) is 9.84 Å². The summed E-state index contributed by atoms with van der Waals surface area (Å²) in [6.07, 6.45) is 7.64. The minimum Gasteiger partial charge on any atom is -0.477 e. The molecule has 102 valence electrons. The summed E-state index contributed by atoms with van der Waals surface area (Å²) in [5.41, 5.74) is 0.0182. The van der Waals surface area contributed by atoms with Crippen LogP contribution in [0.2, 0.25) is 0 Å². The molecule has 0 aromatic carbocycles. The van der Waals surface area contributed by atoms with Gasteiger partial charge in [0.2, 0.25) is 5.88 Å². The first-order chi connectivity index (χ1) is 9.08. The third-order valence-electron chi connectivity index (χ3n) is 3.46. The van der Waals surface area contributed by atoms with E-state index in [1.807, 2.05) is 0 Å². The Kier molecular flexibility index (Phi) is 4.14. The number of nitrogens with zero attached hydrogens (tertiary/aromatic N) is 2. The van der Waals surface area contributed by atoms with E-state index in [1.54, 1.807) is 6.92 Å². The van der Waals surface area contributed by atoms with Crippen molar-refractivity contribution in [2.75, 3.05) is 6.61 Å². The molecule has 1 aromatic rings. The fourth-order valence-electron chi connectivity index (χ4n) is 2.13. The summed E-state index contributed by atoms with van der Waals surface area (Å²) in [5, 5.41) is 9.07. The molecule has 1 aromatic heterocycles. The summed E-state index contributed by atoms with van der Waals surface area (Å²) in [6.45, 7) is 4.38. The molecule has 5 nitrogen and oxygen atoms in total.